The maximum absolute atomic E-state index is 6.25. The Bertz CT molecular complexity index is 873. The van der Waals surface area contributed by atoms with Crippen LogP contribution in [0, 0.1) is 4.77 Å². The van der Waals surface area contributed by atoms with Crippen LogP contribution in [0.25, 0.3) is 0 Å². The number of H-pyrrole nitrogens is 1. The highest BCUT2D eigenvalue weighted by molar-refractivity contribution is 7.71. The Labute approximate surface area is 143 Å². The van der Waals surface area contributed by atoms with Crippen LogP contribution in [0.3, 0.4) is 0 Å². The third-order valence-electron chi connectivity index (χ3n) is 3.06. The van der Waals surface area contributed by atoms with Gasteiger partial charge in [0.05, 0.1) is 11.2 Å². The van der Waals surface area contributed by atoms with Crippen LogP contribution in [0.4, 0.5) is 0 Å². The molecule has 0 radical (unpaired) electrons. The zero-order valence-corrected chi connectivity index (χ0v) is 13.6. The highest BCUT2D eigenvalue weighted by Crippen LogP contribution is 2.25. The molecule has 0 aliphatic rings. The monoisotopic (exact) mass is 344 g/mol. The van der Waals surface area contributed by atoms with Gasteiger partial charge in [-0.15, -0.1) is 0 Å². The molecule has 5 nitrogen and oxygen atoms in total. The molecule has 3 rings (SSSR count). The summed E-state index contributed by atoms with van der Waals surface area (Å²) < 4.78 is 7.62. The minimum absolute atomic E-state index is 0.426. The lowest BCUT2D eigenvalue weighted by Gasteiger charge is -2.08. The van der Waals surface area contributed by atoms with Crippen molar-refractivity contribution in [2.24, 2.45) is 5.10 Å². The fourth-order valence-corrected chi connectivity index (χ4v) is 2.29. The van der Waals surface area contributed by atoms with Crippen LogP contribution in [0.1, 0.15) is 11.1 Å². The number of rotatable bonds is 5. The third kappa shape index (κ3) is 4.06. The molecule has 0 spiro atoms. The summed E-state index contributed by atoms with van der Waals surface area (Å²) in [7, 11) is 0. The van der Waals surface area contributed by atoms with Crippen molar-refractivity contribution in [3.05, 3.63) is 75.8 Å². The minimum Gasteiger partial charge on any atom is -0.487 e. The van der Waals surface area contributed by atoms with Gasteiger partial charge < -0.3 is 4.74 Å². The molecule has 0 saturated heterocycles. The molecule has 0 unspecified atom stereocenters. The zero-order valence-electron chi connectivity index (χ0n) is 12.0. The second kappa shape index (κ2) is 7.21. The summed E-state index contributed by atoms with van der Waals surface area (Å²) in [6, 6.07) is 15.4. The molecule has 0 fully saturated rings. The van der Waals surface area contributed by atoms with Gasteiger partial charge >= 0.3 is 0 Å². The molecule has 0 amide bonds. The molecule has 1 heterocycles. The topological polar surface area (TPSA) is 55.2 Å². The molecule has 1 aromatic heterocycles. The number of nitrogens with one attached hydrogen (secondary N) is 1. The summed E-state index contributed by atoms with van der Waals surface area (Å²) in [5, 5.41) is 11.1. The Kier molecular flexibility index (Phi) is 4.85. The van der Waals surface area contributed by atoms with E-state index in [2.05, 4.69) is 15.3 Å². The van der Waals surface area contributed by atoms with Crippen LogP contribution in [0.2, 0.25) is 5.02 Å². The van der Waals surface area contributed by atoms with E-state index in [4.69, 9.17) is 28.6 Å². The number of benzene rings is 2. The maximum atomic E-state index is 6.25. The predicted octanol–water partition coefficient (Wildman–Crippen LogP) is 4.06. The van der Waals surface area contributed by atoms with Gasteiger partial charge in [-0.2, -0.15) is 14.9 Å². The zero-order chi connectivity index (χ0) is 16.1. The Morgan fingerprint density at radius 3 is 2.78 bits per heavy atom. The van der Waals surface area contributed by atoms with Crippen molar-refractivity contribution in [3.63, 3.8) is 0 Å². The quantitative estimate of drug-likeness (QED) is 0.561. The lowest BCUT2D eigenvalue weighted by molar-refractivity contribution is 0.306. The molecular formula is C16H13ClN4OS. The van der Waals surface area contributed by atoms with Gasteiger partial charge in [0.2, 0.25) is 4.77 Å². The fraction of sp³-hybridized carbons (Fsp3) is 0.0625. The Morgan fingerprint density at radius 1 is 1.26 bits per heavy atom. The summed E-state index contributed by atoms with van der Waals surface area (Å²) in [4.78, 5) is 0. The Morgan fingerprint density at radius 2 is 2.09 bits per heavy atom. The molecule has 116 valence electrons. The predicted molar refractivity (Wildman–Crippen MR) is 92.6 cm³/mol. The first-order valence-electron chi connectivity index (χ1n) is 6.85. The molecule has 2 aromatic carbocycles. The van der Waals surface area contributed by atoms with Gasteiger partial charge in [0.25, 0.3) is 0 Å². The van der Waals surface area contributed by atoms with E-state index in [1.165, 1.54) is 11.0 Å². The van der Waals surface area contributed by atoms with Gasteiger partial charge in [-0.1, -0.05) is 41.9 Å². The molecule has 7 heteroatoms. The van der Waals surface area contributed by atoms with E-state index in [-0.39, 0.29) is 0 Å². The molecule has 1 N–H and O–H groups in total. The molecule has 0 aliphatic carbocycles. The van der Waals surface area contributed by atoms with Crippen LogP contribution in [0.5, 0.6) is 5.75 Å². The summed E-state index contributed by atoms with van der Waals surface area (Å²) in [6.07, 6.45) is 3.15. The lowest BCUT2D eigenvalue weighted by atomic mass is 10.2. The molecule has 0 bridgehead atoms. The van der Waals surface area contributed by atoms with E-state index in [1.54, 1.807) is 12.3 Å². The molecule has 0 atom stereocenters. The molecule has 0 aliphatic heterocycles. The van der Waals surface area contributed by atoms with Crippen LogP contribution < -0.4 is 4.74 Å². The van der Waals surface area contributed by atoms with Crippen molar-refractivity contribution in [2.45, 2.75) is 6.61 Å². The molecule has 23 heavy (non-hydrogen) atoms. The largest absolute Gasteiger partial charge is 0.487 e. The number of halogens is 1. The average molecular weight is 345 g/mol. The van der Waals surface area contributed by atoms with Crippen molar-refractivity contribution < 1.29 is 4.74 Å². The standard InChI is InChI=1S/C16H13ClN4OS/c17-14-8-13(9-19-21-11-18-20-16(21)23)6-7-15(14)22-10-12-4-2-1-3-5-12/h1-9,11H,10H2,(H,20,23)/b19-9-. The fourth-order valence-electron chi connectivity index (χ4n) is 1.90. The maximum Gasteiger partial charge on any atom is 0.216 e. The van der Waals surface area contributed by atoms with Crippen LogP contribution >= 0.6 is 23.8 Å². The molecule has 0 saturated carbocycles. The van der Waals surface area contributed by atoms with E-state index in [1.807, 2.05) is 42.5 Å². The highest BCUT2D eigenvalue weighted by atomic mass is 35.5. The summed E-state index contributed by atoms with van der Waals surface area (Å²) in [5.41, 5.74) is 1.92. The number of aromatic amines is 1. The minimum atomic E-state index is 0.426. The molecule has 3 aromatic rings. The van der Waals surface area contributed by atoms with E-state index < -0.39 is 0 Å². The SMILES string of the molecule is S=c1[nH]ncn1/N=C\c1ccc(OCc2ccccc2)c(Cl)c1. The van der Waals surface area contributed by atoms with Crippen LogP contribution in [-0.2, 0) is 6.61 Å². The van der Waals surface area contributed by atoms with E-state index in [9.17, 15) is 0 Å². The van der Waals surface area contributed by atoms with E-state index >= 15 is 0 Å². The van der Waals surface area contributed by atoms with Crippen molar-refractivity contribution >= 4 is 30.0 Å². The Hall–Kier alpha value is -2.44. The van der Waals surface area contributed by atoms with Crippen molar-refractivity contribution in [1.29, 1.82) is 0 Å². The van der Waals surface area contributed by atoms with E-state index in [0.29, 0.717) is 22.2 Å². The number of nitrogens with zero attached hydrogens (tertiary/aromatic N) is 3. The first kappa shape index (κ1) is 15.5. The van der Waals surface area contributed by atoms with E-state index in [0.717, 1.165) is 11.1 Å². The van der Waals surface area contributed by atoms with Gasteiger partial charge in [-0.25, -0.2) is 0 Å². The van der Waals surface area contributed by atoms with Gasteiger partial charge in [0, 0.05) is 0 Å². The van der Waals surface area contributed by atoms with Crippen LogP contribution in [0.15, 0.2) is 60.0 Å². The van der Waals surface area contributed by atoms with Crippen molar-refractivity contribution in [2.75, 3.05) is 0 Å². The van der Waals surface area contributed by atoms with Gasteiger partial charge in [-0.05, 0) is 41.5 Å². The smallest absolute Gasteiger partial charge is 0.216 e. The summed E-state index contributed by atoms with van der Waals surface area (Å²) in [6.45, 7) is 0.470. The average Bonchev–Trinajstić information content (AvgIpc) is 2.98. The number of ether oxygens (including phenoxy) is 1. The highest BCUT2D eigenvalue weighted by Gasteiger charge is 2.03. The summed E-state index contributed by atoms with van der Waals surface area (Å²) in [5.74, 6) is 0.632. The number of hydrogen-bond donors (Lipinski definition) is 1. The summed E-state index contributed by atoms with van der Waals surface area (Å²) >= 11 is 11.3. The van der Waals surface area contributed by atoms with Gasteiger partial charge in [0.15, 0.2) is 0 Å². The number of hydrogen-bond acceptors (Lipinski definition) is 4. The first-order chi connectivity index (χ1) is 11.2. The second-order valence-electron chi connectivity index (χ2n) is 4.71. The van der Waals surface area contributed by atoms with Crippen molar-refractivity contribution in [3.8, 4) is 5.75 Å². The normalized spacial score (nSPS) is 11.0. The van der Waals surface area contributed by atoms with Crippen LogP contribution in [-0.4, -0.2) is 21.1 Å². The molecular weight excluding hydrogens is 332 g/mol. The first-order valence-corrected chi connectivity index (χ1v) is 7.63. The second-order valence-corrected chi connectivity index (χ2v) is 5.51. The number of aromatic nitrogens is 3. The third-order valence-corrected chi connectivity index (χ3v) is 3.63. The van der Waals surface area contributed by atoms with Crippen molar-refractivity contribution in [1.82, 2.24) is 14.9 Å². The lowest BCUT2D eigenvalue weighted by Crippen LogP contribution is -1.96. The van der Waals surface area contributed by atoms with Gasteiger partial charge in [-0.3, -0.25) is 5.10 Å². The Balaban J connectivity index is 1.69. The van der Waals surface area contributed by atoms with Gasteiger partial charge in [0.1, 0.15) is 18.7 Å².